The molecule has 14 heavy (non-hydrogen) atoms. The van der Waals surface area contributed by atoms with Crippen LogP contribution in [-0.4, -0.2) is 7.11 Å². The fraction of sp³-hybridized carbons (Fsp3) is 0.455. The maximum absolute atomic E-state index is 6.03. The molecule has 0 saturated heterocycles. The molecule has 0 spiro atoms. The second-order valence-electron chi connectivity index (χ2n) is 3.78. The molecule has 0 saturated carbocycles. The van der Waals surface area contributed by atoms with Crippen molar-refractivity contribution in [1.29, 1.82) is 0 Å². The third kappa shape index (κ3) is 1.44. The first-order valence-electron chi connectivity index (χ1n) is 4.94. The quantitative estimate of drug-likeness (QED) is 0.664. The molecule has 0 aromatic heterocycles. The van der Waals surface area contributed by atoms with Crippen molar-refractivity contribution in [3.8, 4) is 5.75 Å². The highest BCUT2D eigenvalue weighted by Gasteiger charge is 2.19. The van der Waals surface area contributed by atoms with E-state index in [0.29, 0.717) is 0 Å². The largest absolute Gasteiger partial charge is 0.497 e. The van der Waals surface area contributed by atoms with Gasteiger partial charge in [0.25, 0.3) is 0 Å². The minimum Gasteiger partial charge on any atom is -0.497 e. The Morgan fingerprint density at radius 1 is 1.43 bits per heavy atom. The van der Waals surface area contributed by atoms with Gasteiger partial charge in [0.15, 0.2) is 0 Å². The van der Waals surface area contributed by atoms with Crippen LogP contribution in [0.25, 0.3) is 0 Å². The first-order chi connectivity index (χ1) is 6.72. The SMILES string of the molecule is COc1cc(N)c2c(c1)[C@@H](N)CCC2. The summed E-state index contributed by atoms with van der Waals surface area (Å²) in [4.78, 5) is 0. The zero-order valence-electron chi connectivity index (χ0n) is 8.42. The summed E-state index contributed by atoms with van der Waals surface area (Å²) in [6.45, 7) is 0. The van der Waals surface area contributed by atoms with Crippen molar-refractivity contribution >= 4 is 5.69 Å². The first kappa shape index (κ1) is 9.34. The van der Waals surface area contributed by atoms with E-state index in [4.69, 9.17) is 16.2 Å². The summed E-state index contributed by atoms with van der Waals surface area (Å²) >= 11 is 0. The van der Waals surface area contributed by atoms with Crippen LogP contribution < -0.4 is 16.2 Å². The van der Waals surface area contributed by atoms with Crippen molar-refractivity contribution in [2.24, 2.45) is 5.73 Å². The maximum Gasteiger partial charge on any atom is 0.121 e. The lowest BCUT2D eigenvalue weighted by molar-refractivity contribution is 0.413. The van der Waals surface area contributed by atoms with E-state index < -0.39 is 0 Å². The molecule has 4 N–H and O–H groups in total. The molecule has 3 heteroatoms. The first-order valence-corrected chi connectivity index (χ1v) is 4.94. The minimum atomic E-state index is 0.121. The number of ether oxygens (including phenoxy) is 1. The number of anilines is 1. The Morgan fingerprint density at radius 2 is 2.21 bits per heavy atom. The van der Waals surface area contributed by atoms with Crippen LogP contribution >= 0.6 is 0 Å². The van der Waals surface area contributed by atoms with Crippen molar-refractivity contribution in [3.63, 3.8) is 0 Å². The summed E-state index contributed by atoms with van der Waals surface area (Å²) in [7, 11) is 1.65. The Balaban J connectivity index is 2.51. The van der Waals surface area contributed by atoms with Crippen LogP contribution in [-0.2, 0) is 6.42 Å². The van der Waals surface area contributed by atoms with Crippen LogP contribution in [0.15, 0.2) is 12.1 Å². The molecule has 2 rings (SSSR count). The lowest BCUT2D eigenvalue weighted by Gasteiger charge is -2.24. The van der Waals surface area contributed by atoms with E-state index in [0.717, 1.165) is 36.3 Å². The van der Waals surface area contributed by atoms with Gasteiger partial charge in [-0.15, -0.1) is 0 Å². The minimum absolute atomic E-state index is 0.121. The average Bonchev–Trinajstić information content (AvgIpc) is 2.19. The van der Waals surface area contributed by atoms with E-state index >= 15 is 0 Å². The highest BCUT2D eigenvalue weighted by Crippen LogP contribution is 2.34. The second-order valence-corrected chi connectivity index (χ2v) is 3.78. The van der Waals surface area contributed by atoms with Gasteiger partial charge < -0.3 is 16.2 Å². The third-order valence-corrected chi connectivity index (χ3v) is 2.87. The topological polar surface area (TPSA) is 61.3 Å². The Kier molecular flexibility index (Phi) is 2.33. The third-order valence-electron chi connectivity index (χ3n) is 2.87. The monoisotopic (exact) mass is 192 g/mol. The molecule has 1 aliphatic carbocycles. The fourth-order valence-corrected chi connectivity index (χ4v) is 2.08. The molecule has 1 aromatic rings. The maximum atomic E-state index is 6.03. The van der Waals surface area contributed by atoms with Gasteiger partial charge >= 0.3 is 0 Å². The van der Waals surface area contributed by atoms with E-state index in [-0.39, 0.29) is 6.04 Å². The summed E-state index contributed by atoms with van der Waals surface area (Å²) in [6.07, 6.45) is 3.21. The molecule has 1 aliphatic rings. The average molecular weight is 192 g/mol. The van der Waals surface area contributed by atoms with Gasteiger partial charge in [-0.25, -0.2) is 0 Å². The van der Waals surface area contributed by atoms with E-state index in [1.54, 1.807) is 7.11 Å². The molecule has 0 heterocycles. The predicted molar refractivity (Wildman–Crippen MR) is 57.3 cm³/mol. The molecule has 3 nitrogen and oxygen atoms in total. The molecule has 0 fully saturated rings. The highest BCUT2D eigenvalue weighted by atomic mass is 16.5. The number of benzene rings is 1. The van der Waals surface area contributed by atoms with E-state index in [9.17, 15) is 0 Å². The van der Waals surface area contributed by atoms with Crippen LogP contribution in [0, 0.1) is 0 Å². The summed E-state index contributed by atoms with van der Waals surface area (Å²) in [6, 6.07) is 4.00. The molecular formula is C11H16N2O. The standard InChI is InChI=1S/C11H16N2O/c1-14-7-5-9-8(11(13)6-7)3-2-4-10(9)12/h5-6,10H,2-4,12-13H2,1H3/t10-/m0/s1. The van der Waals surface area contributed by atoms with Crippen molar-refractivity contribution in [1.82, 2.24) is 0 Å². The van der Waals surface area contributed by atoms with Crippen molar-refractivity contribution in [3.05, 3.63) is 23.3 Å². The summed E-state index contributed by atoms with van der Waals surface area (Å²) in [5, 5.41) is 0. The molecule has 0 radical (unpaired) electrons. The molecule has 1 atom stereocenters. The normalized spacial score (nSPS) is 20.3. The van der Waals surface area contributed by atoms with Gasteiger partial charge in [-0.05, 0) is 36.5 Å². The van der Waals surface area contributed by atoms with Gasteiger partial charge in [-0.3, -0.25) is 0 Å². The summed E-state index contributed by atoms with van der Waals surface area (Å²) in [5.74, 6) is 0.804. The number of nitrogens with two attached hydrogens (primary N) is 2. The number of nitrogen functional groups attached to an aromatic ring is 1. The molecule has 0 aliphatic heterocycles. The summed E-state index contributed by atoms with van der Waals surface area (Å²) < 4.78 is 5.17. The van der Waals surface area contributed by atoms with Crippen molar-refractivity contribution in [2.75, 3.05) is 12.8 Å². The fourth-order valence-electron chi connectivity index (χ4n) is 2.08. The van der Waals surface area contributed by atoms with Gasteiger partial charge in [0.1, 0.15) is 5.75 Å². The molecule has 1 aromatic carbocycles. The Labute approximate surface area is 84.0 Å². The van der Waals surface area contributed by atoms with E-state index in [1.807, 2.05) is 12.1 Å². The molecule has 0 unspecified atom stereocenters. The summed E-state index contributed by atoms with van der Waals surface area (Å²) in [5.41, 5.74) is 15.2. The Morgan fingerprint density at radius 3 is 2.93 bits per heavy atom. The Bertz CT molecular complexity index is 349. The number of hydrogen-bond acceptors (Lipinski definition) is 3. The van der Waals surface area contributed by atoms with Crippen molar-refractivity contribution in [2.45, 2.75) is 25.3 Å². The smallest absolute Gasteiger partial charge is 0.121 e. The zero-order chi connectivity index (χ0) is 10.1. The van der Waals surface area contributed by atoms with Gasteiger partial charge in [-0.1, -0.05) is 0 Å². The highest BCUT2D eigenvalue weighted by molar-refractivity contribution is 5.57. The van der Waals surface area contributed by atoms with Gasteiger partial charge in [0.05, 0.1) is 7.11 Å². The van der Waals surface area contributed by atoms with Gasteiger partial charge in [-0.2, -0.15) is 0 Å². The van der Waals surface area contributed by atoms with Crippen molar-refractivity contribution < 1.29 is 4.74 Å². The van der Waals surface area contributed by atoms with Gasteiger partial charge in [0, 0.05) is 17.8 Å². The Hall–Kier alpha value is -1.22. The van der Waals surface area contributed by atoms with Crippen LogP contribution in [0.5, 0.6) is 5.75 Å². The van der Waals surface area contributed by atoms with Crippen LogP contribution in [0.3, 0.4) is 0 Å². The van der Waals surface area contributed by atoms with E-state index in [2.05, 4.69) is 0 Å². The molecule has 0 bridgehead atoms. The van der Waals surface area contributed by atoms with E-state index in [1.165, 1.54) is 5.56 Å². The lowest BCUT2D eigenvalue weighted by Crippen LogP contribution is -2.18. The lowest BCUT2D eigenvalue weighted by atomic mass is 9.87. The molecule has 76 valence electrons. The second kappa shape index (κ2) is 3.50. The number of fused-ring (bicyclic) bond motifs is 1. The number of methoxy groups -OCH3 is 1. The van der Waals surface area contributed by atoms with Gasteiger partial charge in [0.2, 0.25) is 0 Å². The van der Waals surface area contributed by atoms with Crippen LogP contribution in [0.2, 0.25) is 0 Å². The predicted octanol–water partition coefficient (Wildman–Crippen LogP) is 1.61. The zero-order valence-corrected chi connectivity index (χ0v) is 8.42. The van der Waals surface area contributed by atoms with Crippen LogP contribution in [0.4, 0.5) is 5.69 Å². The van der Waals surface area contributed by atoms with Crippen LogP contribution in [0.1, 0.15) is 30.0 Å². The number of hydrogen-bond donors (Lipinski definition) is 2. The number of rotatable bonds is 1. The molecule has 0 amide bonds. The molecular weight excluding hydrogens is 176 g/mol.